The molecule has 70 valence electrons. The van der Waals surface area contributed by atoms with Crippen molar-refractivity contribution in [1.29, 1.82) is 0 Å². The molecular formula is C9H13N3O. The van der Waals surface area contributed by atoms with Crippen molar-refractivity contribution in [2.75, 3.05) is 12.3 Å². The first-order valence-electron chi connectivity index (χ1n) is 4.43. The van der Waals surface area contributed by atoms with Crippen molar-refractivity contribution in [3.05, 3.63) is 27.7 Å². The highest BCUT2D eigenvalue weighted by molar-refractivity contribution is 5.41. The number of aromatic nitrogens is 1. The van der Waals surface area contributed by atoms with Crippen LogP contribution in [-0.4, -0.2) is 16.4 Å². The first-order valence-corrected chi connectivity index (χ1v) is 4.43. The summed E-state index contributed by atoms with van der Waals surface area (Å²) in [5, 5.41) is 0. The van der Waals surface area contributed by atoms with Crippen molar-refractivity contribution in [2.24, 2.45) is 0 Å². The molecule has 2 heterocycles. The Morgan fingerprint density at radius 1 is 1.62 bits per heavy atom. The number of hydrogen-bond acceptors (Lipinski definition) is 3. The summed E-state index contributed by atoms with van der Waals surface area (Å²) in [6.07, 6.45) is 0. The molecule has 0 aliphatic carbocycles. The topological polar surface area (TPSA) is 62.1 Å². The molecule has 1 aliphatic rings. The van der Waals surface area contributed by atoms with E-state index in [0.717, 1.165) is 30.9 Å². The summed E-state index contributed by atoms with van der Waals surface area (Å²) in [7, 11) is 0. The molecule has 4 heteroatoms. The molecule has 0 fully saturated rings. The van der Waals surface area contributed by atoms with E-state index in [-0.39, 0.29) is 5.56 Å². The predicted molar refractivity (Wildman–Crippen MR) is 51.3 cm³/mol. The number of nitrogens with zero attached hydrogens (tertiary/aromatic N) is 1. The summed E-state index contributed by atoms with van der Waals surface area (Å²) in [6.45, 7) is 4.83. The molecule has 4 nitrogen and oxygen atoms in total. The lowest BCUT2D eigenvalue weighted by atomic mass is 10.2. The maximum Gasteiger partial charge on any atom is 0.271 e. The van der Waals surface area contributed by atoms with Gasteiger partial charge >= 0.3 is 0 Å². The van der Waals surface area contributed by atoms with E-state index in [2.05, 4.69) is 16.8 Å². The Morgan fingerprint density at radius 2 is 2.38 bits per heavy atom. The summed E-state index contributed by atoms with van der Waals surface area (Å²) >= 11 is 0. The van der Waals surface area contributed by atoms with Gasteiger partial charge in [0.25, 0.3) is 5.56 Å². The molecular weight excluding hydrogens is 166 g/mol. The standard InChI is InChI=1S/C9H13N3O/c1-2-12-4-6-3-7(10)9(13)11-8(6)5-12/h3H,2,4-5,10H2,1H3,(H,11,13). The lowest BCUT2D eigenvalue weighted by Gasteiger charge is -2.08. The highest BCUT2D eigenvalue weighted by atomic mass is 16.1. The van der Waals surface area contributed by atoms with Crippen molar-refractivity contribution >= 4 is 5.69 Å². The lowest BCUT2D eigenvalue weighted by Crippen LogP contribution is -2.15. The van der Waals surface area contributed by atoms with Gasteiger partial charge in [0.15, 0.2) is 0 Å². The second kappa shape index (κ2) is 2.88. The van der Waals surface area contributed by atoms with Gasteiger partial charge in [-0.1, -0.05) is 6.92 Å². The molecule has 0 atom stereocenters. The maximum atomic E-state index is 11.2. The fourth-order valence-corrected chi connectivity index (χ4v) is 1.66. The van der Waals surface area contributed by atoms with Crippen LogP contribution in [0.2, 0.25) is 0 Å². The van der Waals surface area contributed by atoms with E-state index in [9.17, 15) is 4.79 Å². The smallest absolute Gasteiger partial charge is 0.271 e. The summed E-state index contributed by atoms with van der Waals surface area (Å²) < 4.78 is 0. The molecule has 0 radical (unpaired) electrons. The van der Waals surface area contributed by atoms with Gasteiger partial charge in [0.2, 0.25) is 0 Å². The number of aromatic amines is 1. The fraction of sp³-hybridized carbons (Fsp3) is 0.444. The molecule has 1 aromatic heterocycles. The quantitative estimate of drug-likeness (QED) is 0.651. The van der Waals surface area contributed by atoms with Gasteiger partial charge in [0, 0.05) is 18.8 Å². The van der Waals surface area contributed by atoms with E-state index in [0.29, 0.717) is 5.69 Å². The zero-order valence-corrected chi connectivity index (χ0v) is 7.63. The Morgan fingerprint density at radius 3 is 3.08 bits per heavy atom. The molecule has 0 amide bonds. The van der Waals surface area contributed by atoms with Crippen molar-refractivity contribution in [2.45, 2.75) is 20.0 Å². The number of H-pyrrole nitrogens is 1. The zero-order chi connectivity index (χ0) is 9.42. The Hall–Kier alpha value is -1.29. The van der Waals surface area contributed by atoms with Crippen LogP contribution in [0.15, 0.2) is 10.9 Å². The second-order valence-electron chi connectivity index (χ2n) is 3.36. The van der Waals surface area contributed by atoms with Gasteiger partial charge in [-0.2, -0.15) is 0 Å². The number of nitrogens with two attached hydrogens (primary N) is 1. The molecule has 13 heavy (non-hydrogen) atoms. The van der Waals surface area contributed by atoms with E-state index in [1.165, 1.54) is 0 Å². The monoisotopic (exact) mass is 179 g/mol. The maximum absolute atomic E-state index is 11.2. The number of fused-ring (bicyclic) bond motifs is 1. The Bertz CT molecular complexity index is 383. The third-order valence-electron chi connectivity index (χ3n) is 2.47. The largest absolute Gasteiger partial charge is 0.394 e. The minimum absolute atomic E-state index is 0.170. The van der Waals surface area contributed by atoms with Crippen LogP contribution in [0, 0.1) is 0 Å². The van der Waals surface area contributed by atoms with Crippen molar-refractivity contribution in [3.8, 4) is 0 Å². The summed E-state index contributed by atoms with van der Waals surface area (Å²) in [4.78, 5) is 16.2. The molecule has 1 aliphatic heterocycles. The van der Waals surface area contributed by atoms with Crippen LogP contribution in [0.5, 0.6) is 0 Å². The number of hydrogen-bond donors (Lipinski definition) is 2. The van der Waals surface area contributed by atoms with Crippen molar-refractivity contribution in [3.63, 3.8) is 0 Å². The first-order chi connectivity index (χ1) is 6.20. The van der Waals surface area contributed by atoms with Gasteiger partial charge in [0.1, 0.15) is 0 Å². The number of rotatable bonds is 1. The SMILES string of the molecule is CCN1Cc2cc(N)c(=O)[nH]c2C1. The normalized spacial score (nSPS) is 16.1. The van der Waals surface area contributed by atoms with Crippen LogP contribution >= 0.6 is 0 Å². The number of nitrogens with one attached hydrogen (secondary N) is 1. The molecule has 1 aromatic rings. The Balaban J connectivity index is 2.42. The molecule has 0 saturated heterocycles. The lowest BCUT2D eigenvalue weighted by molar-refractivity contribution is 0.299. The van der Waals surface area contributed by atoms with E-state index in [4.69, 9.17) is 5.73 Å². The van der Waals surface area contributed by atoms with E-state index < -0.39 is 0 Å². The van der Waals surface area contributed by atoms with Crippen LogP contribution in [0.1, 0.15) is 18.2 Å². The molecule has 2 rings (SSSR count). The van der Waals surface area contributed by atoms with Gasteiger partial charge in [0.05, 0.1) is 5.69 Å². The number of nitrogen functional groups attached to an aromatic ring is 1. The average Bonchev–Trinajstić information content (AvgIpc) is 2.48. The van der Waals surface area contributed by atoms with Crippen LogP contribution in [0.3, 0.4) is 0 Å². The van der Waals surface area contributed by atoms with Crippen molar-refractivity contribution in [1.82, 2.24) is 9.88 Å². The second-order valence-corrected chi connectivity index (χ2v) is 3.36. The predicted octanol–water partition coefficient (Wildman–Crippen LogP) is 0.293. The highest BCUT2D eigenvalue weighted by Gasteiger charge is 2.18. The van der Waals surface area contributed by atoms with Crippen LogP contribution in [0.4, 0.5) is 5.69 Å². The first kappa shape index (κ1) is 8.31. The number of anilines is 1. The third-order valence-corrected chi connectivity index (χ3v) is 2.47. The minimum atomic E-state index is -0.170. The minimum Gasteiger partial charge on any atom is -0.394 e. The third kappa shape index (κ3) is 1.33. The average molecular weight is 179 g/mol. The fourth-order valence-electron chi connectivity index (χ4n) is 1.66. The van der Waals surface area contributed by atoms with Crippen LogP contribution in [0.25, 0.3) is 0 Å². The van der Waals surface area contributed by atoms with Crippen LogP contribution < -0.4 is 11.3 Å². The van der Waals surface area contributed by atoms with Crippen LogP contribution in [-0.2, 0) is 13.1 Å². The van der Waals surface area contributed by atoms with Gasteiger partial charge in [-0.3, -0.25) is 9.69 Å². The highest BCUT2D eigenvalue weighted by Crippen LogP contribution is 2.19. The van der Waals surface area contributed by atoms with Gasteiger partial charge in [-0.15, -0.1) is 0 Å². The molecule has 0 spiro atoms. The Labute approximate surface area is 76.4 Å². The van der Waals surface area contributed by atoms with Gasteiger partial charge < -0.3 is 10.7 Å². The van der Waals surface area contributed by atoms with Gasteiger partial charge in [-0.05, 0) is 18.2 Å². The van der Waals surface area contributed by atoms with E-state index in [1.807, 2.05) is 0 Å². The number of pyridine rings is 1. The van der Waals surface area contributed by atoms with E-state index in [1.54, 1.807) is 6.07 Å². The molecule has 0 aromatic carbocycles. The summed E-state index contributed by atoms with van der Waals surface area (Å²) in [6, 6.07) is 1.78. The molecule has 3 N–H and O–H groups in total. The summed E-state index contributed by atoms with van der Waals surface area (Å²) in [5.74, 6) is 0. The van der Waals surface area contributed by atoms with E-state index >= 15 is 0 Å². The molecule has 0 bridgehead atoms. The van der Waals surface area contributed by atoms with Crippen molar-refractivity contribution < 1.29 is 0 Å². The summed E-state index contributed by atoms with van der Waals surface area (Å²) in [5.41, 5.74) is 7.83. The Kier molecular flexibility index (Phi) is 1.84. The molecule has 0 saturated carbocycles. The zero-order valence-electron chi connectivity index (χ0n) is 7.63. The van der Waals surface area contributed by atoms with Gasteiger partial charge in [-0.25, -0.2) is 0 Å². The molecule has 0 unspecified atom stereocenters.